The summed E-state index contributed by atoms with van der Waals surface area (Å²) in [5.41, 5.74) is 1.06. The van der Waals surface area contributed by atoms with E-state index < -0.39 is 6.04 Å². The highest BCUT2D eigenvalue weighted by Crippen LogP contribution is 2.34. The maximum atomic E-state index is 12.8. The molecule has 2 aromatic carbocycles. The van der Waals surface area contributed by atoms with E-state index >= 15 is 0 Å². The predicted octanol–water partition coefficient (Wildman–Crippen LogP) is 3.11. The van der Waals surface area contributed by atoms with Gasteiger partial charge < -0.3 is 19.5 Å². The molecule has 0 aromatic heterocycles. The lowest BCUT2D eigenvalue weighted by Crippen LogP contribution is -2.34. The number of carbonyl (C=O) groups is 2. The van der Waals surface area contributed by atoms with Crippen LogP contribution in [0.5, 0.6) is 17.2 Å². The third-order valence-electron chi connectivity index (χ3n) is 4.26. The average Bonchev–Trinajstić information content (AvgIpc) is 2.94. The fraction of sp³-hybridized carbons (Fsp3) is 0.263. The first kappa shape index (κ1) is 18.8. The van der Waals surface area contributed by atoms with E-state index in [1.807, 2.05) is 0 Å². The molecule has 8 heteroatoms. The van der Waals surface area contributed by atoms with Crippen LogP contribution >= 0.6 is 11.6 Å². The molecule has 1 heterocycles. The summed E-state index contributed by atoms with van der Waals surface area (Å²) < 4.78 is 15.5. The number of amides is 2. The minimum Gasteiger partial charge on any atom is -0.495 e. The second kappa shape index (κ2) is 7.75. The zero-order valence-corrected chi connectivity index (χ0v) is 15.9. The minimum atomic E-state index is -0.685. The Kier molecular flexibility index (Phi) is 5.41. The topological polar surface area (TPSA) is 77.1 Å². The van der Waals surface area contributed by atoms with Crippen LogP contribution in [0.4, 0.5) is 11.4 Å². The van der Waals surface area contributed by atoms with Gasteiger partial charge >= 0.3 is 0 Å². The van der Waals surface area contributed by atoms with Gasteiger partial charge in [-0.2, -0.15) is 0 Å². The number of carbonyl (C=O) groups excluding carboxylic acids is 2. The van der Waals surface area contributed by atoms with Crippen molar-refractivity contribution in [3.8, 4) is 17.2 Å². The van der Waals surface area contributed by atoms with Crippen LogP contribution < -0.4 is 24.4 Å². The molecular weight excluding hydrogens is 372 g/mol. The number of imide groups is 1. The molecule has 27 heavy (non-hydrogen) atoms. The minimum absolute atomic E-state index is 0.0385. The van der Waals surface area contributed by atoms with Gasteiger partial charge in [0.05, 0.1) is 38.5 Å². The van der Waals surface area contributed by atoms with E-state index in [2.05, 4.69) is 5.32 Å². The number of nitrogens with zero attached hydrogens (tertiary/aromatic N) is 1. The van der Waals surface area contributed by atoms with Crippen LogP contribution in [0.15, 0.2) is 36.4 Å². The molecule has 2 aromatic rings. The van der Waals surface area contributed by atoms with E-state index in [0.29, 0.717) is 33.6 Å². The lowest BCUT2D eigenvalue weighted by Gasteiger charge is -2.18. The van der Waals surface area contributed by atoms with Crippen molar-refractivity contribution in [3.05, 3.63) is 41.4 Å². The number of nitrogens with one attached hydrogen (secondary N) is 1. The fourth-order valence-electron chi connectivity index (χ4n) is 2.94. The number of ether oxygens (including phenoxy) is 3. The Hall–Kier alpha value is -2.93. The molecule has 3 rings (SSSR count). The van der Waals surface area contributed by atoms with Crippen LogP contribution in [0.1, 0.15) is 6.42 Å². The quantitative estimate of drug-likeness (QED) is 0.764. The summed E-state index contributed by atoms with van der Waals surface area (Å²) in [6.07, 6.45) is 0.0385. The first-order chi connectivity index (χ1) is 13.0. The third kappa shape index (κ3) is 3.64. The number of methoxy groups -OCH3 is 3. The number of hydrogen-bond donors (Lipinski definition) is 1. The van der Waals surface area contributed by atoms with Crippen molar-refractivity contribution in [3.63, 3.8) is 0 Å². The number of anilines is 2. The van der Waals surface area contributed by atoms with E-state index in [1.165, 1.54) is 21.3 Å². The van der Waals surface area contributed by atoms with Gasteiger partial charge in [0.15, 0.2) is 11.5 Å². The average molecular weight is 391 g/mol. The van der Waals surface area contributed by atoms with E-state index in [-0.39, 0.29) is 18.2 Å². The molecular formula is C19H19ClN2O5. The Morgan fingerprint density at radius 2 is 1.63 bits per heavy atom. The molecule has 0 unspecified atom stereocenters. The Balaban J connectivity index is 1.82. The summed E-state index contributed by atoms with van der Waals surface area (Å²) in [6.45, 7) is 0. The smallest absolute Gasteiger partial charge is 0.256 e. The Bertz CT molecular complexity index is 886. The lowest BCUT2D eigenvalue weighted by atomic mass is 10.2. The third-order valence-corrected chi connectivity index (χ3v) is 4.56. The summed E-state index contributed by atoms with van der Waals surface area (Å²) in [5, 5.41) is 3.47. The number of hydrogen-bond acceptors (Lipinski definition) is 6. The number of halogens is 1. The summed E-state index contributed by atoms with van der Waals surface area (Å²) in [4.78, 5) is 26.4. The molecule has 1 atom stereocenters. The first-order valence-corrected chi connectivity index (χ1v) is 8.55. The molecule has 142 valence electrons. The molecule has 1 N–H and O–H groups in total. The summed E-state index contributed by atoms with van der Waals surface area (Å²) >= 11 is 6.11. The second-order valence-electron chi connectivity index (χ2n) is 5.86. The van der Waals surface area contributed by atoms with Crippen LogP contribution in [-0.2, 0) is 9.59 Å². The van der Waals surface area contributed by atoms with Gasteiger partial charge in [-0.25, -0.2) is 4.90 Å². The van der Waals surface area contributed by atoms with Crippen LogP contribution in [0.25, 0.3) is 0 Å². The maximum absolute atomic E-state index is 12.8. The van der Waals surface area contributed by atoms with E-state index in [4.69, 9.17) is 25.8 Å². The standard InChI is InChI=1S/C19H19ClN2O5/c1-25-15-6-4-11(8-13(15)20)21-14-10-18(23)22(19(14)24)12-5-7-16(26-2)17(9-12)27-3/h4-9,14,21H,10H2,1-3H3/t14-/m0/s1. The number of rotatable bonds is 6. The van der Waals surface area contributed by atoms with E-state index in [1.54, 1.807) is 36.4 Å². The molecule has 0 aliphatic carbocycles. The highest BCUT2D eigenvalue weighted by Gasteiger charge is 2.40. The van der Waals surface area contributed by atoms with E-state index in [9.17, 15) is 9.59 Å². The maximum Gasteiger partial charge on any atom is 0.256 e. The zero-order valence-electron chi connectivity index (χ0n) is 15.1. The van der Waals surface area contributed by atoms with Crippen molar-refractivity contribution in [2.24, 2.45) is 0 Å². The Morgan fingerprint density at radius 1 is 0.963 bits per heavy atom. The van der Waals surface area contributed by atoms with Gasteiger partial charge in [-0.3, -0.25) is 9.59 Å². The Morgan fingerprint density at radius 3 is 2.26 bits per heavy atom. The molecule has 0 radical (unpaired) electrons. The molecule has 7 nitrogen and oxygen atoms in total. The van der Waals surface area contributed by atoms with Crippen molar-refractivity contribution in [2.75, 3.05) is 31.5 Å². The summed E-state index contributed by atoms with van der Waals surface area (Å²) in [5.74, 6) is 0.836. The molecule has 1 fully saturated rings. The normalized spacial score (nSPS) is 16.4. The number of benzene rings is 2. The van der Waals surface area contributed by atoms with Crippen LogP contribution in [0.2, 0.25) is 5.02 Å². The molecule has 1 saturated heterocycles. The molecule has 1 aliphatic heterocycles. The van der Waals surface area contributed by atoms with Crippen molar-refractivity contribution in [2.45, 2.75) is 12.5 Å². The Labute approximate surface area is 161 Å². The largest absolute Gasteiger partial charge is 0.495 e. The van der Waals surface area contributed by atoms with Crippen molar-refractivity contribution in [1.82, 2.24) is 0 Å². The molecule has 0 saturated carbocycles. The molecule has 0 spiro atoms. The van der Waals surface area contributed by atoms with Gasteiger partial charge in [0.2, 0.25) is 5.91 Å². The predicted molar refractivity (Wildman–Crippen MR) is 102 cm³/mol. The van der Waals surface area contributed by atoms with Crippen LogP contribution in [0, 0.1) is 0 Å². The summed E-state index contributed by atoms with van der Waals surface area (Å²) in [7, 11) is 4.53. The molecule has 2 amide bonds. The fourth-order valence-corrected chi connectivity index (χ4v) is 3.19. The molecule has 1 aliphatic rings. The monoisotopic (exact) mass is 390 g/mol. The van der Waals surface area contributed by atoms with Gasteiger partial charge in [-0.05, 0) is 30.3 Å². The highest BCUT2D eigenvalue weighted by atomic mass is 35.5. The SMILES string of the molecule is COc1ccc(N[C@H]2CC(=O)N(c3ccc(OC)c(OC)c3)C2=O)cc1Cl. The van der Waals surface area contributed by atoms with E-state index in [0.717, 1.165) is 4.90 Å². The van der Waals surface area contributed by atoms with Gasteiger partial charge in [0.25, 0.3) is 5.91 Å². The first-order valence-electron chi connectivity index (χ1n) is 8.17. The van der Waals surface area contributed by atoms with Crippen molar-refractivity contribution >= 4 is 34.8 Å². The van der Waals surface area contributed by atoms with Crippen molar-refractivity contribution in [1.29, 1.82) is 0 Å². The summed E-state index contributed by atoms with van der Waals surface area (Å²) in [6, 6.07) is 9.29. The lowest BCUT2D eigenvalue weighted by molar-refractivity contribution is -0.121. The van der Waals surface area contributed by atoms with Gasteiger partial charge in [-0.15, -0.1) is 0 Å². The molecule has 0 bridgehead atoms. The van der Waals surface area contributed by atoms with Crippen LogP contribution in [0.3, 0.4) is 0 Å². The van der Waals surface area contributed by atoms with Gasteiger partial charge in [0.1, 0.15) is 11.8 Å². The zero-order chi connectivity index (χ0) is 19.6. The van der Waals surface area contributed by atoms with Gasteiger partial charge in [-0.1, -0.05) is 11.6 Å². The second-order valence-corrected chi connectivity index (χ2v) is 6.26. The van der Waals surface area contributed by atoms with Crippen molar-refractivity contribution < 1.29 is 23.8 Å². The van der Waals surface area contributed by atoms with Crippen LogP contribution in [-0.4, -0.2) is 39.2 Å². The highest BCUT2D eigenvalue weighted by molar-refractivity contribution is 6.32. The van der Waals surface area contributed by atoms with Gasteiger partial charge in [0, 0.05) is 11.8 Å².